The number of hydrogen-bond donors (Lipinski definition) is 0. The lowest BCUT2D eigenvalue weighted by Crippen LogP contribution is -2.10. The van der Waals surface area contributed by atoms with E-state index in [-0.39, 0.29) is 11.7 Å². The van der Waals surface area contributed by atoms with Crippen LogP contribution in [-0.2, 0) is 0 Å². The molecule has 0 fully saturated rings. The Morgan fingerprint density at radius 1 is 1.50 bits per heavy atom. The van der Waals surface area contributed by atoms with Gasteiger partial charge in [0.05, 0.1) is 6.61 Å². The average molecular weight is 194 g/mol. The van der Waals surface area contributed by atoms with Crippen LogP contribution in [0.1, 0.15) is 31.3 Å². The summed E-state index contributed by atoms with van der Waals surface area (Å²) in [5, 5.41) is 0. The molecule has 1 aromatic rings. The number of hydrogen-bond acceptors (Lipinski definition) is 4. The second-order valence-electron chi connectivity index (χ2n) is 3.19. The van der Waals surface area contributed by atoms with E-state index in [0.717, 1.165) is 0 Å². The third kappa shape index (κ3) is 2.52. The van der Waals surface area contributed by atoms with Gasteiger partial charge in [-0.15, -0.1) is 0 Å². The van der Waals surface area contributed by atoms with Gasteiger partial charge in [0, 0.05) is 12.0 Å². The van der Waals surface area contributed by atoms with Gasteiger partial charge in [-0.25, -0.2) is 9.97 Å². The van der Waals surface area contributed by atoms with Crippen molar-refractivity contribution < 1.29 is 9.53 Å². The van der Waals surface area contributed by atoms with Gasteiger partial charge in [0.2, 0.25) is 5.88 Å². The van der Waals surface area contributed by atoms with E-state index in [1.54, 1.807) is 6.07 Å². The number of ketones is 1. The molecule has 0 aliphatic carbocycles. The Hall–Kier alpha value is -1.45. The Balaban J connectivity index is 2.88. The minimum absolute atomic E-state index is 0.00773. The third-order valence-corrected chi connectivity index (χ3v) is 1.71. The van der Waals surface area contributed by atoms with Crippen molar-refractivity contribution in [2.75, 3.05) is 6.61 Å². The number of carbonyl (C=O) groups excluding carboxylic acids is 1. The lowest BCUT2D eigenvalue weighted by molar-refractivity contribution is 0.0933. The minimum atomic E-state index is -0.0561. The predicted octanol–water partition coefficient (Wildman–Crippen LogP) is 1.71. The third-order valence-electron chi connectivity index (χ3n) is 1.71. The van der Waals surface area contributed by atoms with Crippen molar-refractivity contribution in [2.24, 2.45) is 5.92 Å². The highest BCUT2D eigenvalue weighted by molar-refractivity contribution is 5.95. The summed E-state index contributed by atoms with van der Waals surface area (Å²) in [6.45, 7) is 6.08. The van der Waals surface area contributed by atoms with Gasteiger partial charge in [-0.3, -0.25) is 4.79 Å². The van der Waals surface area contributed by atoms with Gasteiger partial charge in [-0.05, 0) is 6.92 Å². The quantitative estimate of drug-likeness (QED) is 0.685. The molecule has 4 heteroatoms. The Morgan fingerprint density at radius 2 is 2.21 bits per heavy atom. The maximum absolute atomic E-state index is 11.6. The lowest BCUT2D eigenvalue weighted by Gasteiger charge is -2.05. The van der Waals surface area contributed by atoms with E-state index < -0.39 is 0 Å². The Kier molecular flexibility index (Phi) is 3.56. The molecule has 14 heavy (non-hydrogen) atoms. The highest BCUT2D eigenvalue weighted by Crippen LogP contribution is 2.10. The number of rotatable bonds is 4. The Labute approximate surface area is 83.3 Å². The predicted molar refractivity (Wildman–Crippen MR) is 52.4 cm³/mol. The SMILES string of the molecule is CCOc1cc(C(=O)C(C)C)ncn1. The topological polar surface area (TPSA) is 52.1 Å². The van der Waals surface area contributed by atoms with Crippen molar-refractivity contribution in [1.29, 1.82) is 0 Å². The summed E-state index contributed by atoms with van der Waals surface area (Å²) in [5.41, 5.74) is 0.415. The van der Waals surface area contributed by atoms with Gasteiger partial charge in [0.1, 0.15) is 12.0 Å². The van der Waals surface area contributed by atoms with E-state index in [4.69, 9.17) is 4.74 Å². The number of carbonyl (C=O) groups is 1. The summed E-state index contributed by atoms with van der Waals surface area (Å²) in [5.74, 6) is 0.402. The molecule has 0 amide bonds. The molecule has 0 unspecified atom stereocenters. The normalized spacial score (nSPS) is 10.3. The van der Waals surface area contributed by atoms with Crippen molar-refractivity contribution in [1.82, 2.24) is 9.97 Å². The molecular formula is C10H14N2O2. The van der Waals surface area contributed by atoms with Crippen LogP contribution in [0.3, 0.4) is 0 Å². The fraction of sp³-hybridized carbons (Fsp3) is 0.500. The van der Waals surface area contributed by atoms with E-state index in [1.165, 1.54) is 6.33 Å². The van der Waals surface area contributed by atoms with E-state index in [9.17, 15) is 4.79 Å². The average Bonchev–Trinajstić information content (AvgIpc) is 2.17. The van der Waals surface area contributed by atoms with Crippen LogP contribution in [0.15, 0.2) is 12.4 Å². The zero-order chi connectivity index (χ0) is 10.6. The van der Waals surface area contributed by atoms with Crippen LogP contribution in [0.2, 0.25) is 0 Å². The van der Waals surface area contributed by atoms with E-state index >= 15 is 0 Å². The molecule has 0 aliphatic heterocycles. The molecule has 0 bridgehead atoms. The van der Waals surface area contributed by atoms with Gasteiger partial charge in [-0.2, -0.15) is 0 Å². The summed E-state index contributed by atoms with van der Waals surface area (Å²) >= 11 is 0. The van der Waals surface area contributed by atoms with Crippen molar-refractivity contribution in [3.63, 3.8) is 0 Å². The van der Waals surface area contributed by atoms with Crippen LogP contribution in [-0.4, -0.2) is 22.4 Å². The van der Waals surface area contributed by atoms with E-state index in [2.05, 4.69) is 9.97 Å². The molecule has 4 nitrogen and oxygen atoms in total. The molecule has 1 rings (SSSR count). The monoisotopic (exact) mass is 194 g/mol. The zero-order valence-electron chi connectivity index (χ0n) is 8.65. The Morgan fingerprint density at radius 3 is 2.79 bits per heavy atom. The second kappa shape index (κ2) is 4.69. The lowest BCUT2D eigenvalue weighted by atomic mass is 10.1. The molecule has 1 aromatic heterocycles. The van der Waals surface area contributed by atoms with Crippen LogP contribution in [0.25, 0.3) is 0 Å². The number of ether oxygens (including phenoxy) is 1. The minimum Gasteiger partial charge on any atom is -0.478 e. The Bertz CT molecular complexity index is 324. The molecule has 76 valence electrons. The molecule has 0 atom stereocenters. The fourth-order valence-electron chi connectivity index (χ4n) is 0.997. The first kappa shape index (κ1) is 10.6. The molecule has 0 spiro atoms. The summed E-state index contributed by atoms with van der Waals surface area (Å²) in [7, 11) is 0. The second-order valence-corrected chi connectivity index (χ2v) is 3.19. The molecule has 0 saturated carbocycles. The van der Waals surface area contributed by atoms with Gasteiger partial charge < -0.3 is 4.74 Å². The van der Waals surface area contributed by atoms with Crippen molar-refractivity contribution in [2.45, 2.75) is 20.8 Å². The molecular weight excluding hydrogens is 180 g/mol. The van der Waals surface area contributed by atoms with Crippen LogP contribution in [0.5, 0.6) is 5.88 Å². The molecule has 0 N–H and O–H groups in total. The summed E-state index contributed by atoms with van der Waals surface area (Å²) in [6.07, 6.45) is 1.35. The van der Waals surface area contributed by atoms with Gasteiger partial charge in [-0.1, -0.05) is 13.8 Å². The van der Waals surface area contributed by atoms with Gasteiger partial charge >= 0.3 is 0 Å². The molecule has 0 aliphatic rings. The maximum Gasteiger partial charge on any atom is 0.217 e. The molecule has 0 radical (unpaired) electrons. The smallest absolute Gasteiger partial charge is 0.217 e. The summed E-state index contributed by atoms with van der Waals surface area (Å²) in [4.78, 5) is 19.3. The maximum atomic E-state index is 11.6. The van der Waals surface area contributed by atoms with Crippen LogP contribution in [0.4, 0.5) is 0 Å². The standard InChI is InChI=1S/C10H14N2O2/c1-4-14-9-5-8(11-6-12-9)10(13)7(2)3/h5-7H,4H2,1-3H3. The first-order valence-corrected chi connectivity index (χ1v) is 4.64. The summed E-state index contributed by atoms with van der Waals surface area (Å²) in [6, 6.07) is 1.58. The van der Waals surface area contributed by atoms with Crippen LogP contribution < -0.4 is 4.74 Å². The van der Waals surface area contributed by atoms with Crippen LogP contribution >= 0.6 is 0 Å². The molecule has 0 aromatic carbocycles. The molecule has 1 heterocycles. The van der Waals surface area contributed by atoms with Gasteiger partial charge in [0.15, 0.2) is 5.78 Å². The first-order valence-electron chi connectivity index (χ1n) is 4.64. The van der Waals surface area contributed by atoms with Crippen molar-refractivity contribution in [3.05, 3.63) is 18.1 Å². The number of Topliss-reactive ketones (excluding diaryl/α,β-unsaturated/α-hetero) is 1. The van der Waals surface area contributed by atoms with Crippen molar-refractivity contribution >= 4 is 5.78 Å². The van der Waals surface area contributed by atoms with Crippen molar-refractivity contribution in [3.8, 4) is 5.88 Å². The first-order chi connectivity index (χ1) is 6.65. The zero-order valence-corrected chi connectivity index (χ0v) is 8.65. The van der Waals surface area contributed by atoms with E-state index in [1.807, 2.05) is 20.8 Å². The highest BCUT2D eigenvalue weighted by atomic mass is 16.5. The van der Waals surface area contributed by atoms with E-state index in [0.29, 0.717) is 18.2 Å². The van der Waals surface area contributed by atoms with Crippen LogP contribution in [0, 0.1) is 5.92 Å². The van der Waals surface area contributed by atoms with Gasteiger partial charge in [0.25, 0.3) is 0 Å². The highest BCUT2D eigenvalue weighted by Gasteiger charge is 2.12. The number of nitrogens with zero attached hydrogens (tertiary/aromatic N) is 2. The number of aromatic nitrogens is 2. The molecule has 0 saturated heterocycles. The fourth-order valence-corrected chi connectivity index (χ4v) is 0.997. The largest absolute Gasteiger partial charge is 0.478 e. The summed E-state index contributed by atoms with van der Waals surface area (Å²) < 4.78 is 5.17.